The highest BCUT2D eigenvalue weighted by Crippen LogP contribution is 2.39. The maximum Gasteiger partial charge on any atom is 0.317 e. The van der Waals surface area contributed by atoms with Crippen molar-refractivity contribution >= 4 is 11.7 Å². The summed E-state index contributed by atoms with van der Waals surface area (Å²) in [5.74, 6) is 0.164. The van der Waals surface area contributed by atoms with Crippen molar-refractivity contribution in [2.24, 2.45) is 0 Å². The van der Waals surface area contributed by atoms with Crippen molar-refractivity contribution in [3.63, 3.8) is 0 Å². The van der Waals surface area contributed by atoms with Gasteiger partial charge in [-0.1, -0.05) is 12.1 Å². The lowest BCUT2D eigenvalue weighted by atomic mass is 9.89. The van der Waals surface area contributed by atoms with Crippen LogP contribution in [0.5, 0.6) is 5.75 Å². The molecule has 1 aromatic carbocycles. The number of pyridine rings is 1. The molecule has 2 amide bonds. The molecule has 1 unspecified atom stereocenters. The second kappa shape index (κ2) is 8.09. The van der Waals surface area contributed by atoms with Gasteiger partial charge in [-0.15, -0.1) is 0 Å². The van der Waals surface area contributed by atoms with Crippen LogP contribution in [0.1, 0.15) is 37.6 Å². The summed E-state index contributed by atoms with van der Waals surface area (Å²) in [6.07, 6.45) is 4.69. The molecule has 8 heteroatoms. The Labute approximate surface area is 186 Å². The van der Waals surface area contributed by atoms with Gasteiger partial charge in [0.2, 0.25) is 0 Å². The Kier molecular flexibility index (Phi) is 5.25. The second-order valence-electron chi connectivity index (χ2n) is 9.21. The largest absolute Gasteiger partial charge is 0.487 e. The van der Waals surface area contributed by atoms with Gasteiger partial charge in [0.15, 0.2) is 0 Å². The minimum Gasteiger partial charge on any atom is -0.487 e. The number of benzene rings is 1. The Balaban J connectivity index is 1.19. The van der Waals surface area contributed by atoms with Crippen LogP contribution in [0.3, 0.4) is 0 Å². The molecule has 5 rings (SSSR count). The lowest BCUT2D eigenvalue weighted by molar-refractivity contribution is 0.0647. The zero-order chi connectivity index (χ0) is 22.3. The number of rotatable bonds is 3. The molecule has 0 aliphatic carbocycles. The summed E-state index contributed by atoms with van der Waals surface area (Å²) in [5.41, 5.74) is 2.32. The number of hydrogen-bond acceptors (Lipinski definition) is 4. The molecule has 1 N–H and O–H groups in total. The molecule has 2 aliphatic heterocycles. The van der Waals surface area contributed by atoms with E-state index >= 15 is 0 Å². The van der Waals surface area contributed by atoms with Crippen LogP contribution in [-0.2, 0) is 6.54 Å². The van der Waals surface area contributed by atoms with Crippen LogP contribution in [0.25, 0.3) is 5.65 Å². The number of piperazine rings is 1. The third-order valence-electron chi connectivity index (χ3n) is 6.19. The topological polar surface area (TPSA) is 62.1 Å². The van der Waals surface area contributed by atoms with Gasteiger partial charge in [-0.25, -0.2) is 14.2 Å². The van der Waals surface area contributed by atoms with Crippen molar-refractivity contribution in [2.75, 3.05) is 26.2 Å². The molecule has 0 radical (unpaired) electrons. The second-order valence-corrected chi connectivity index (χ2v) is 9.21. The molecule has 1 saturated heterocycles. The van der Waals surface area contributed by atoms with E-state index in [1.54, 1.807) is 6.07 Å². The molecular weight excluding hydrogens is 409 g/mol. The van der Waals surface area contributed by atoms with Gasteiger partial charge in [-0.3, -0.25) is 4.90 Å². The molecule has 168 valence electrons. The summed E-state index contributed by atoms with van der Waals surface area (Å²) in [5, 5.41) is 3.15. The van der Waals surface area contributed by atoms with E-state index < -0.39 is 5.60 Å². The molecule has 7 nitrogen and oxygen atoms in total. The van der Waals surface area contributed by atoms with E-state index in [1.165, 1.54) is 12.1 Å². The van der Waals surface area contributed by atoms with Crippen molar-refractivity contribution in [3.05, 3.63) is 65.9 Å². The summed E-state index contributed by atoms with van der Waals surface area (Å²) >= 11 is 0. The lowest BCUT2D eigenvalue weighted by Gasteiger charge is -2.39. The first-order valence-electron chi connectivity index (χ1n) is 11.1. The van der Waals surface area contributed by atoms with Gasteiger partial charge in [-0.05, 0) is 32.0 Å². The molecule has 2 aliphatic rings. The number of amides is 2. The maximum atomic E-state index is 13.7. The Morgan fingerprint density at radius 3 is 2.81 bits per heavy atom. The molecule has 0 bridgehead atoms. The fraction of sp³-hybridized carbons (Fsp3) is 0.417. The number of hydrogen-bond donors (Lipinski definition) is 1. The SMILES string of the molecule is CC1(C)CC(NC(=O)N2CCN(Cc3cn4ccccc4n3)CC2)c2ccc(F)cc2O1. The first-order chi connectivity index (χ1) is 15.4. The molecule has 2 aromatic heterocycles. The molecule has 4 heterocycles. The summed E-state index contributed by atoms with van der Waals surface area (Å²) in [7, 11) is 0. The third kappa shape index (κ3) is 4.27. The Morgan fingerprint density at radius 2 is 2.03 bits per heavy atom. The highest BCUT2D eigenvalue weighted by atomic mass is 19.1. The number of carbonyl (C=O) groups is 1. The summed E-state index contributed by atoms with van der Waals surface area (Å²) in [6.45, 7) is 7.58. The van der Waals surface area contributed by atoms with Crippen molar-refractivity contribution < 1.29 is 13.9 Å². The minimum absolute atomic E-state index is 0.0876. The molecule has 32 heavy (non-hydrogen) atoms. The lowest BCUT2D eigenvalue weighted by Crippen LogP contribution is -2.53. The predicted octanol–water partition coefficient (Wildman–Crippen LogP) is 3.60. The molecule has 3 aromatic rings. The van der Waals surface area contributed by atoms with Crippen molar-refractivity contribution in [3.8, 4) is 5.75 Å². The van der Waals surface area contributed by atoms with Crippen molar-refractivity contribution in [2.45, 2.75) is 38.5 Å². The van der Waals surface area contributed by atoms with Crippen LogP contribution in [0.15, 0.2) is 48.8 Å². The maximum absolute atomic E-state index is 13.7. The number of imidazole rings is 1. The van der Waals surface area contributed by atoms with Crippen LogP contribution < -0.4 is 10.1 Å². The van der Waals surface area contributed by atoms with Gasteiger partial charge >= 0.3 is 6.03 Å². The third-order valence-corrected chi connectivity index (χ3v) is 6.19. The monoisotopic (exact) mass is 437 g/mol. The molecular formula is C24H28FN5O2. The Hall–Kier alpha value is -3.13. The quantitative estimate of drug-likeness (QED) is 0.680. The Bertz CT molecular complexity index is 1100. The van der Waals surface area contributed by atoms with Crippen molar-refractivity contribution in [1.29, 1.82) is 0 Å². The number of fused-ring (bicyclic) bond motifs is 2. The average Bonchev–Trinajstić information content (AvgIpc) is 3.15. The smallest absolute Gasteiger partial charge is 0.317 e. The van der Waals surface area contributed by atoms with Gasteiger partial charge in [0.25, 0.3) is 0 Å². The number of nitrogens with zero attached hydrogens (tertiary/aromatic N) is 4. The van der Waals surface area contributed by atoms with Crippen LogP contribution in [-0.4, -0.2) is 57.0 Å². The normalized spacial score (nSPS) is 20.6. The van der Waals surface area contributed by atoms with Crippen LogP contribution in [0, 0.1) is 5.82 Å². The molecule has 1 atom stereocenters. The highest BCUT2D eigenvalue weighted by molar-refractivity contribution is 5.75. The average molecular weight is 438 g/mol. The molecule has 0 spiro atoms. The number of carbonyl (C=O) groups excluding carboxylic acids is 1. The first-order valence-corrected chi connectivity index (χ1v) is 11.1. The minimum atomic E-state index is -0.481. The Morgan fingerprint density at radius 1 is 1.22 bits per heavy atom. The zero-order valence-corrected chi connectivity index (χ0v) is 18.4. The number of halogens is 1. The van der Waals surface area contributed by atoms with E-state index in [2.05, 4.69) is 21.4 Å². The van der Waals surface area contributed by atoms with Crippen LogP contribution >= 0.6 is 0 Å². The van der Waals surface area contributed by atoms with E-state index in [-0.39, 0.29) is 17.9 Å². The van der Waals surface area contributed by atoms with Gasteiger partial charge in [-0.2, -0.15) is 0 Å². The fourth-order valence-electron chi connectivity index (χ4n) is 4.60. The van der Waals surface area contributed by atoms with E-state index in [1.807, 2.05) is 47.5 Å². The van der Waals surface area contributed by atoms with E-state index in [9.17, 15) is 9.18 Å². The van der Waals surface area contributed by atoms with Gasteiger partial charge in [0.1, 0.15) is 22.8 Å². The zero-order valence-electron chi connectivity index (χ0n) is 18.4. The van der Waals surface area contributed by atoms with E-state index in [0.29, 0.717) is 25.3 Å². The molecule has 0 saturated carbocycles. The summed E-state index contributed by atoms with van der Waals surface area (Å²) in [6, 6.07) is 10.2. The van der Waals surface area contributed by atoms with Crippen LogP contribution in [0.4, 0.5) is 9.18 Å². The van der Waals surface area contributed by atoms with Gasteiger partial charge < -0.3 is 19.4 Å². The van der Waals surface area contributed by atoms with E-state index in [0.717, 1.165) is 36.5 Å². The number of aromatic nitrogens is 2. The first kappa shape index (κ1) is 20.8. The summed E-state index contributed by atoms with van der Waals surface area (Å²) in [4.78, 5) is 21.8. The van der Waals surface area contributed by atoms with Crippen molar-refractivity contribution in [1.82, 2.24) is 24.5 Å². The van der Waals surface area contributed by atoms with E-state index in [4.69, 9.17) is 4.74 Å². The number of ether oxygens (including phenoxy) is 1. The van der Waals surface area contributed by atoms with Gasteiger partial charge in [0, 0.05) is 63.2 Å². The molecule has 1 fully saturated rings. The fourth-order valence-corrected chi connectivity index (χ4v) is 4.60. The van der Waals surface area contributed by atoms with Crippen LogP contribution in [0.2, 0.25) is 0 Å². The highest BCUT2D eigenvalue weighted by Gasteiger charge is 2.35. The standard InChI is InChI=1S/C24H28FN5O2/c1-24(2)14-20(19-7-6-17(25)13-21(19)32-24)27-23(31)29-11-9-28(10-12-29)15-18-16-30-8-4-3-5-22(30)26-18/h3-8,13,16,20H,9-12,14-15H2,1-2H3,(H,27,31). The number of nitrogens with one attached hydrogen (secondary N) is 1. The predicted molar refractivity (Wildman–Crippen MR) is 119 cm³/mol. The van der Waals surface area contributed by atoms with Gasteiger partial charge in [0.05, 0.1) is 11.7 Å². The number of urea groups is 1. The summed E-state index contributed by atoms with van der Waals surface area (Å²) < 4.78 is 21.7.